The van der Waals surface area contributed by atoms with Crippen LogP contribution in [0.15, 0.2) is 24.3 Å². The molecule has 1 aromatic carbocycles. The Kier molecular flexibility index (Phi) is 1.83. The molecule has 3 nitrogen and oxygen atoms in total. The number of hydrogen-bond acceptors (Lipinski definition) is 2. The smallest absolute Gasteiger partial charge is 0.339 e. The molecule has 1 saturated heterocycles. The first kappa shape index (κ1) is 8.92. The van der Waals surface area contributed by atoms with Gasteiger partial charge in [-0.3, -0.25) is 0 Å². The highest BCUT2D eigenvalue weighted by Gasteiger charge is 2.45. The number of hydrogen-bond donors (Lipinski definition) is 0. The van der Waals surface area contributed by atoms with Gasteiger partial charge in [-0.1, -0.05) is 18.2 Å². The fraction of sp³-hybridized carbons (Fsp3) is 0.417. The Morgan fingerprint density at radius 2 is 1.93 bits per heavy atom. The van der Waals surface area contributed by atoms with E-state index in [9.17, 15) is 4.79 Å². The lowest BCUT2D eigenvalue weighted by Crippen LogP contribution is -2.37. The Morgan fingerprint density at radius 1 is 1.20 bits per heavy atom. The number of benzene rings is 1. The molecule has 1 radical (unpaired) electrons. The Bertz CT molecular complexity index is 408. The van der Waals surface area contributed by atoms with Crippen LogP contribution < -0.4 is 5.32 Å². The maximum atomic E-state index is 11.7. The lowest BCUT2D eigenvalue weighted by Gasteiger charge is -2.32. The second-order valence-corrected chi connectivity index (χ2v) is 4.10. The summed E-state index contributed by atoms with van der Waals surface area (Å²) >= 11 is 0. The Labute approximate surface area is 88.4 Å². The van der Waals surface area contributed by atoms with Gasteiger partial charge in [-0.05, 0) is 6.07 Å². The Morgan fingerprint density at radius 3 is 2.73 bits per heavy atom. The van der Waals surface area contributed by atoms with Gasteiger partial charge in [0, 0.05) is 31.5 Å². The molecule has 1 fully saturated rings. The molecule has 3 rings (SSSR count). The third-order valence-electron chi connectivity index (χ3n) is 3.27. The van der Waals surface area contributed by atoms with E-state index in [0.717, 1.165) is 37.1 Å². The third-order valence-corrected chi connectivity index (χ3v) is 3.27. The van der Waals surface area contributed by atoms with Crippen LogP contribution in [0.2, 0.25) is 0 Å². The van der Waals surface area contributed by atoms with Gasteiger partial charge in [0.25, 0.3) is 0 Å². The van der Waals surface area contributed by atoms with Crippen LogP contribution in [0.3, 0.4) is 0 Å². The molecule has 0 amide bonds. The van der Waals surface area contributed by atoms with E-state index in [4.69, 9.17) is 4.74 Å². The van der Waals surface area contributed by atoms with Crippen LogP contribution in [0.25, 0.3) is 0 Å². The van der Waals surface area contributed by atoms with E-state index in [0.29, 0.717) is 0 Å². The van der Waals surface area contributed by atoms with E-state index in [1.54, 1.807) is 0 Å². The number of carbonyl (C=O) groups excluding carboxylic acids is 1. The van der Waals surface area contributed by atoms with Gasteiger partial charge >= 0.3 is 5.97 Å². The zero-order valence-corrected chi connectivity index (χ0v) is 8.40. The van der Waals surface area contributed by atoms with E-state index < -0.39 is 0 Å². The third kappa shape index (κ3) is 1.20. The molecule has 3 heteroatoms. The minimum Gasteiger partial charge on any atom is -0.450 e. The molecular weight excluding hydrogens is 190 g/mol. The molecule has 0 atom stereocenters. The van der Waals surface area contributed by atoms with Gasteiger partial charge < -0.3 is 4.74 Å². The highest BCUT2D eigenvalue weighted by atomic mass is 16.6. The van der Waals surface area contributed by atoms with Gasteiger partial charge in [-0.2, -0.15) is 0 Å². The van der Waals surface area contributed by atoms with E-state index in [-0.39, 0.29) is 11.6 Å². The largest absolute Gasteiger partial charge is 0.450 e. The average molecular weight is 202 g/mol. The summed E-state index contributed by atoms with van der Waals surface area (Å²) in [5, 5.41) is 4.30. The first-order valence-electron chi connectivity index (χ1n) is 5.28. The zero-order chi connectivity index (χ0) is 10.3. The summed E-state index contributed by atoms with van der Waals surface area (Å²) in [5.41, 5.74) is 1.43. The zero-order valence-electron chi connectivity index (χ0n) is 8.40. The molecule has 1 aromatic rings. The van der Waals surface area contributed by atoms with Crippen LogP contribution >= 0.6 is 0 Å². The van der Waals surface area contributed by atoms with Crippen LogP contribution in [0.1, 0.15) is 28.8 Å². The summed E-state index contributed by atoms with van der Waals surface area (Å²) in [5.74, 6) is -0.174. The summed E-state index contributed by atoms with van der Waals surface area (Å²) in [7, 11) is 0. The monoisotopic (exact) mass is 202 g/mol. The van der Waals surface area contributed by atoms with Gasteiger partial charge in [0.05, 0.1) is 5.56 Å². The minimum atomic E-state index is -0.366. The molecule has 0 aromatic heterocycles. The van der Waals surface area contributed by atoms with Crippen LogP contribution in [0.4, 0.5) is 0 Å². The summed E-state index contributed by atoms with van der Waals surface area (Å²) in [6, 6.07) is 7.70. The number of fused-ring (bicyclic) bond motifs is 2. The first-order chi connectivity index (χ1) is 7.32. The number of ether oxygens (including phenoxy) is 1. The second kappa shape index (κ2) is 3.07. The van der Waals surface area contributed by atoms with Crippen LogP contribution in [-0.2, 0) is 10.3 Å². The molecule has 0 N–H and O–H groups in total. The summed E-state index contributed by atoms with van der Waals surface area (Å²) in [6.07, 6.45) is 1.66. The molecule has 0 bridgehead atoms. The van der Waals surface area contributed by atoms with Crippen molar-refractivity contribution < 1.29 is 9.53 Å². The summed E-state index contributed by atoms with van der Waals surface area (Å²) < 4.78 is 5.56. The van der Waals surface area contributed by atoms with Crippen molar-refractivity contribution in [1.82, 2.24) is 5.32 Å². The summed E-state index contributed by atoms with van der Waals surface area (Å²) in [4.78, 5) is 11.7. The van der Waals surface area contributed by atoms with Crippen LogP contribution in [-0.4, -0.2) is 19.1 Å². The molecule has 1 spiro atoms. The number of carbonyl (C=O) groups is 1. The standard InChI is InChI=1S/C12H12NO2/c14-11-9-3-1-2-4-10(9)12(15-11)5-7-13-8-6-12/h1-4H,5-8H2. The van der Waals surface area contributed by atoms with Gasteiger partial charge in [0.2, 0.25) is 0 Å². The SMILES string of the molecule is O=C1OC2(CC[N]CC2)c2ccccc21. The average Bonchev–Trinajstić information content (AvgIpc) is 2.55. The van der Waals surface area contributed by atoms with Crippen molar-refractivity contribution in [1.29, 1.82) is 0 Å². The molecular formula is C12H12NO2. The van der Waals surface area contributed by atoms with Crippen LogP contribution in [0.5, 0.6) is 0 Å². The van der Waals surface area contributed by atoms with Crippen molar-refractivity contribution in [3.8, 4) is 0 Å². The maximum absolute atomic E-state index is 11.7. The van der Waals surface area contributed by atoms with E-state index in [2.05, 4.69) is 5.32 Å². The lowest BCUT2D eigenvalue weighted by atomic mass is 9.84. The van der Waals surface area contributed by atoms with Gasteiger partial charge in [0.1, 0.15) is 5.60 Å². The normalized spacial score (nSPS) is 22.5. The highest BCUT2D eigenvalue weighted by molar-refractivity contribution is 5.94. The van der Waals surface area contributed by atoms with Crippen molar-refractivity contribution in [3.63, 3.8) is 0 Å². The predicted octanol–water partition coefficient (Wildman–Crippen LogP) is 1.45. The lowest BCUT2D eigenvalue weighted by molar-refractivity contribution is -0.0246. The first-order valence-corrected chi connectivity index (χ1v) is 5.28. The molecule has 2 aliphatic heterocycles. The Balaban J connectivity index is 2.10. The molecule has 0 saturated carbocycles. The van der Waals surface area contributed by atoms with Gasteiger partial charge in [0.15, 0.2) is 0 Å². The van der Waals surface area contributed by atoms with Crippen molar-refractivity contribution in [2.24, 2.45) is 0 Å². The van der Waals surface area contributed by atoms with Crippen molar-refractivity contribution in [2.75, 3.05) is 13.1 Å². The van der Waals surface area contributed by atoms with Crippen molar-refractivity contribution >= 4 is 5.97 Å². The highest BCUT2D eigenvalue weighted by Crippen LogP contribution is 2.42. The van der Waals surface area contributed by atoms with E-state index in [1.807, 2.05) is 24.3 Å². The van der Waals surface area contributed by atoms with Crippen molar-refractivity contribution in [2.45, 2.75) is 18.4 Å². The van der Waals surface area contributed by atoms with Crippen molar-refractivity contribution in [3.05, 3.63) is 35.4 Å². The fourth-order valence-corrected chi connectivity index (χ4v) is 2.47. The Hall–Kier alpha value is -1.35. The minimum absolute atomic E-state index is 0.174. The quantitative estimate of drug-likeness (QED) is 0.597. The number of nitrogens with zero attached hydrogens (tertiary/aromatic N) is 1. The number of rotatable bonds is 0. The fourth-order valence-electron chi connectivity index (χ4n) is 2.47. The number of piperidine rings is 1. The predicted molar refractivity (Wildman–Crippen MR) is 54.6 cm³/mol. The number of esters is 1. The summed E-state index contributed by atoms with van der Waals surface area (Å²) in [6.45, 7) is 1.59. The molecule has 0 unspecified atom stereocenters. The van der Waals surface area contributed by atoms with Crippen LogP contribution in [0, 0.1) is 0 Å². The molecule has 77 valence electrons. The van der Waals surface area contributed by atoms with Gasteiger partial charge in [-0.25, -0.2) is 10.1 Å². The topological polar surface area (TPSA) is 40.4 Å². The van der Waals surface area contributed by atoms with E-state index >= 15 is 0 Å². The molecule has 0 aliphatic carbocycles. The molecule has 15 heavy (non-hydrogen) atoms. The second-order valence-electron chi connectivity index (χ2n) is 4.10. The maximum Gasteiger partial charge on any atom is 0.339 e. The molecule has 2 heterocycles. The van der Waals surface area contributed by atoms with Gasteiger partial charge in [-0.15, -0.1) is 0 Å². The van der Waals surface area contributed by atoms with E-state index in [1.165, 1.54) is 0 Å². The molecule has 2 aliphatic rings.